The molecule has 0 spiro atoms. The zero-order valence-electron chi connectivity index (χ0n) is 12.8. The molecule has 1 fully saturated rings. The molecule has 0 aliphatic heterocycles. The molecule has 0 radical (unpaired) electrons. The van der Waals surface area contributed by atoms with Crippen molar-refractivity contribution in [2.24, 2.45) is 17.6 Å². The van der Waals surface area contributed by atoms with Gasteiger partial charge in [0, 0.05) is 6.04 Å². The van der Waals surface area contributed by atoms with Crippen LogP contribution in [0.4, 0.5) is 0 Å². The van der Waals surface area contributed by atoms with Crippen molar-refractivity contribution in [1.82, 2.24) is 0 Å². The second-order valence-corrected chi connectivity index (χ2v) is 6.49. The fourth-order valence-corrected chi connectivity index (χ4v) is 3.45. The van der Waals surface area contributed by atoms with Crippen molar-refractivity contribution in [3.63, 3.8) is 0 Å². The van der Waals surface area contributed by atoms with E-state index in [9.17, 15) is 0 Å². The van der Waals surface area contributed by atoms with Crippen LogP contribution in [0.15, 0.2) is 0 Å². The standard InChI is InChI=1S/C17H35N/c1-3-5-9-15(4-2)14-17(18)13-12-16-10-7-6-8-11-16/h15-17H,3-14,18H2,1-2H3. The van der Waals surface area contributed by atoms with Gasteiger partial charge in [0.25, 0.3) is 0 Å². The number of hydrogen-bond acceptors (Lipinski definition) is 1. The highest BCUT2D eigenvalue weighted by Crippen LogP contribution is 2.28. The third-order valence-electron chi connectivity index (χ3n) is 4.85. The molecule has 0 bridgehead atoms. The molecule has 0 heterocycles. The van der Waals surface area contributed by atoms with Gasteiger partial charge in [-0.25, -0.2) is 0 Å². The number of nitrogens with two attached hydrogens (primary N) is 1. The molecule has 0 aromatic rings. The van der Waals surface area contributed by atoms with Gasteiger partial charge in [-0.1, -0.05) is 71.6 Å². The molecule has 1 rings (SSSR count). The summed E-state index contributed by atoms with van der Waals surface area (Å²) in [4.78, 5) is 0. The first-order valence-electron chi connectivity index (χ1n) is 8.51. The molecular weight excluding hydrogens is 218 g/mol. The summed E-state index contributed by atoms with van der Waals surface area (Å²) in [6.45, 7) is 4.61. The van der Waals surface area contributed by atoms with Crippen molar-refractivity contribution in [1.29, 1.82) is 0 Å². The molecule has 2 unspecified atom stereocenters. The Morgan fingerprint density at radius 1 is 1.06 bits per heavy atom. The lowest BCUT2D eigenvalue weighted by atomic mass is 9.83. The van der Waals surface area contributed by atoms with Crippen LogP contribution < -0.4 is 5.73 Å². The SMILES string of the molecule is CCCCC(CC)CC(N)CCC1CCCCC1. The van der Waals surface area contributed by atoms with Crippen LogP contribution in [0.1, 0.15) is 90.9 Å². The summed E-state index contributed by atoms with van der Waals surface area (Å²) < 4.78 is 0. The molecule has 0 aromatic carbocycles. The van der Waals surface area contributed by atoms with E-state index in [-0.39, 0.29) is 0 Å². The van der Waals surface area contributed by atoms with Crippen molar-refractivity contribution in [3.8, 4) is 0 Å². The summed E-state index contributed by atoms with van der Waals surface area (Å²) in [5, 5.41) is 0. The van der Waals surface area contributed by atoms with Crippen molar-refractivity contribution >= 4 is 0 Å². The summed E-state index contributed by atoms with van der Waals surface area (Å²) in [6.07, 6.45) is 16.7. The molecule has 2 N–H and O–H groups in total. The van der Waals surface area contributed by atoms with Gasteiger partial charge >= 0.3 is 0 Å². The van der Waals surface area contributed by atoms with Crippen LogP contribution in [0.25, 0.3) is 0 Å². The smallest absolute Gasteiger partial charge is 0.00415 e. The average Bonchev–Trinajstić information content (AvgIpc) is 2.42. The van der Waals surface area contributed by atoms with E-state index in [1.165, 1.54) is 77.0 Å². The fourth-order valence-electron chi connectivity index (χ4n) is 3.45. The fraction of sp³-hybridized carbons (Fsp3) is 1.00. The first-order chi connectivity index (χ1) is 8.76. The predicted octanol–water partition coefficient (Wildman–Crippen LogP) is 5.28. The van der Waals surface area contributed by atoms with Crippen LogP contribution in [0, 0.1) is 11.8 Å². The predicted molar refractivity (Wildman–Crippen MR) is 81.7 cm³/mol. The van der Waals surface area contributed by atoms with E-state index in [2.05, 4.69) is 13.8 Å². The first-order valence-corrected chi connectivity index (χ1v) is 8.51. The maximum atomic E-state index is 6.34. The van der Waals surface area contributed by atoms with Gasteiger partial charge in [-0.2, -0.15) is 0 Å². The summed E-state index contributed by atoms with van der Waals surface area (Å²) >= 11 is 0. The normalized spacial score (nSPS) is 20.8. The van der Waals surface area contributed by atoms with E-state index in [4.69, 9.17) is 5.73 Å². The Kier molecular flexibility index (Phi) is 8.75. The topological polar surface area (TPSA) is 26.0 Å². The third kappa shape index (κ3) is 6.78. The Labute approximate surface area is 115 Å². The highest BCUT2D eigenvalue weighted by atomic mass is 14.6. The maximum absolute atomic E-state index is 6.34. The first kappa shape index (κ1) is 16.0. The average molecular weight is 253 g/mol. The molecule has 0 aromatic heterocycles. The number of unbranched alkanes of at least 4 members (excludes halogenated alkanes) is 1. The van der Waals surface area contributed by atoms with Crippen molar-refractivity contribution < 1.29 is 0 Å². The van der Waals surface area contributed by atoms with Crippen molar-refractivity contribution in [2.45, 2.75) is 96.9 Å². The Morgan fingerprint density at radius 2 is 1.78 bits per heavy atom. The van der Waals surface area contributed by atoms with Gasteiger partial charge in [0.1, 0.15) is 0 Å². The van der Waals surface area contributed by atoms with Crippen molar-refractivity contribution in [3.05, 3.63) is 0 Å². The van der Waals surface area contributed by atoms with Crippen LogP contribution in [0.3, 0.4) is 0 Å². The van der Waals surface area contributed by atoms with E-state index in [1.54, 1.807) is 0 Å². The van der Waals surface area contributed by atoms with Gasteiger partial charge in [-0.15, -0.1) is 0 Å². The Morgan fingerprint density at radius 3 is 2.39 bits per heavy atom. The molecule has 0 saturated heterocycles. The second kappa shape index (κ2) is 9.83. The van der Waals surface area contributed by atoms with Crippen molar-refractivity contribution in [2.75, 3.05) is 0 Å². The second-order valence-electron chi connectivity index (χ2n) is 6.49. The molecule has 1 aliphatic carbocycles. The maximum Gasteiger partial charge on any atom is 0.00415 e. The molecule has 1 heteroatoms. The monoisotopic (exact) mass is 253 g/mol. The summed E-state index contributed by atoms with van der Waals surface area (Å²) in [6, 6.07) is 0.466. The van der Waals surface area contributed by atoms with Gasteiger partial charge in [-0.05, 0) is 31.1 Å². The molecule has 108 valence electrons. The van der Waals surface area contributed by atoms with Crippen LogP contribution in [-0.2, 0) is 0 Å². The Bertz CT molecular complexity index is 184. The minimum absolute atomic E-state index is 0.466. The highest BCUT2D eigenvalue weighted by molar-refractivity contribution is 4.72. The van der Waals surface area contributed by atoms with E-state index in [1.807, 2.05) is 0 Å². The molecule has 1 aliphatic rings. The Hall–Kier alpha value is -0.0400. The molecule has 1 nitrogen and oxygen atoms in total. The highest BCUT2D eigenvalue weighted by Gasteiger charge is 2.16. The van der Waals surface area contributed by atoms with Crippen LogP contribution >= 0.6 is 0 Å². The van der Waals surface area contributed by atoms with Gasteiger partial charge < -0.3 is 5.73 Å². The number of hydrogen-bond donors (Lipinski definition) is 1. The largest absolute Gasteiger partial charge is 0.328 e. The van der Waals surface area contributed by atoms with Gasteiger partial charge in [0.05, 0.1) is 0 Å². The van der Waals surface area contributed by atoms with E-state index >= 15 is 0 Å². The van der Waals surface area contributed by atoms with Crippen LogP contribution in [0.2, 0.25) is 0 Å². The van der Waals surface area contributed by atoms with Gasteiger partial charge in [-0.3, -0.25) is 0 Å². The Balaban J connectivity index is 2.12. The zero-order valence-corrected chi connectivity index (χ0v) is 12.8. The van der Waals surface area contributed by atoms with E-state index < -0.39 is 0 Å². The minimum Gasteiger partial charge on any atom is -0.328 e. The lowest BCUT2D eigenvalue weighted by Crippen LogP contribution is -2.24. The molecule has 0 amide bonds. The van der Waals surface area contributed by atoms with E-state index in [0.29, 0.717) is 6.04 Å². The summed E-state index contributed by atoms with van der Waals surface area (Å²) in [7, 11) is 0. The lowest BCUT2D eigenvalue weighted by Gasteiger charge is -2.24. The summed E-state index contributed by atoms with van der Waals surface area (Å²) in [5.74, 6) is 1.88. The quantitative estimate of drug-likeness (QED) is 0.594. The van der Waals surface area contributed by atoms with Crippen LogP contribution in [0.5, 0.6) is 0 Å². The summed E-state index contributed by atoms with van der Waals surface area (Å²) in [5.41, 5.74) is 6.34. The molecular formula is C17H35N. The van der Waals surface area contributed by atoms with Gasteiger partial charge in [0.15, 0.2) is 0 Å². The lowest BCUT2D eigenvalue weighted by molar-refractivity contribution is 0.305. The van der Waals surface area contributed by atoms with Gasteiger partial charge in [0.2, 0.25) is 0 Å². The van der Waals surface area contributed by atoms with E-state index in [0.717, 1.165) is 11.8 Å². The van der Waals surface area contributed by atoms with Crippen LogP contribution in [-0.4, -0.2) is 6.04 Å². The zero-order chi connectivity index (χ0) is 13.2. The molecule has 18 heavy (non-hydrogen) atoms. The minimum atomic E-state index is 0.466. The molecule has 1 saturated carbocycles. The number of rotatable bonds is 9. The molecule has 2 atom stereocenters. The third-order valence-corrected chi connectivity index (χ3v) is 4.85.